The van der Waals surface area contributed by atoms with Gasteiger partial charge in [-0.2, -0.15) is 0 Å². The third-order valence-electron chi connectivity index (χ3n) is 2.28. The van der Waals surface area contributed by atoms with Gasteiger partial charge in [0.05, 0.1) is 17.9 Å². The number of anilines is 2. The van der Waals surface area contributed by atoms with Crippen LogP contribution in [-0.2, 0) is 4.79 Å². The number of nitrogens with one attached hydrogen (secondary N) is 1. The summed E-state index contributed by atoms with van der Waals surface area (Å²) in [6.07, 6.45) is -1.05. The highest BCUT2D eigenvalue weighted by molar-refractivity contribution is 6.59. The fraction of sp³-hybridized carbons (Fsp3) is 0.222. The van der Waals surface area contributed by atoms with Crippen molar-refractivity contribution < 1.29 is 17.7 Å². The minimum Gasteiger partial charge on any atom is -0.448 e. The molecule has 1 aromatic rings. The lowest BCUT2D eigenvalue weighted by Crippen LogP contribution is -2.45. The number of rotatable bonds is 2. The normalized spacial score (nSPS) is 15.7. The molecule has 0 atom stereocenters. The predicted molar refractivity (Wildman–Crippen MR) is 56.4 cm³/mol. The Morgan fingerprint density at radius 1 is 1.31 bits per heavy atom. The maximum Gasteiger partial charge on any atom is 0.497 e. The van der Waals surface area contributed by atoms with E-state index in [1.807, 2.05) is 0 Å². The molecule has 1 aliphatic heterocycles. The SMILES string of the molecule is O=C1CN(C[B-](F)(F)F)c2ccccc2N1. The first kappa shape index (κ1) is 10.8. The van der Waals surface area contributed by atoms with Gasteiger partial charge < -0.3 is 23.2 Å². The van der Waals surface area contributed by atoms with E-state index in [4.69, 9.17) is 0 Å². The van der Waals surface area contributed by atoms with Gasteiger partial charge in [-0.1, -0.05) is 12.1 Å². The zero-order valence-electron chi connectivity index (χ0n) is 8.29. The van der Waals surface area contributed by atoms with Crippen LogP contribution in [0.3, 0.4) is 0 Å². The summed E-state index contributed by atoms with van der Waals surface area (Å²) in [5.41, 5.74) is 0.847. The van der Waals surface area contributed by atoms with E-state index < -0.39 is 19.3 Å². The van der Waals surface area contributed by atoms with Gasteiger partial charge in [0.2, 0.25) is 5.91 Å². The molecule has 0 saturated heterocycles. The number of carbonyl (C=O) groups excluding carboxylic acids is 1. The summed E-state index contributed by atoms with van der Waals surface area (Å²) in [4.78, 5) is 12.3. The van der Waals surface area contributed by atoms with Crippen LogP contribution in [0, 0.1) is 0 Å². The second-order valence-electron chi connectivity index (χ2n) is 3.66. The molecule has 1 N–H and O–H groups in total. The zero-order chi connectivity index (χ0) is 11.8. The molecule has 0 aliphatic carbocycles. The minimum atomic E-state index is -4.94. The first-order valence-corrected chi connectivity index (χ1v) is 4.80. The topological polar surface area (TPSA) is 32.3 Å². The maximum atomic E-state index is 12.4. The predicted octanol–water partition coefficient (Wildman–Crippen LogP) is 1.83. The molecule has 1 heterocycles. The quantitative estimate of drug-likeness (QED) is 0.784. The molecule has 0 bridgehead atoms. The Hall–Kier alpha value is -1.66. The molecule has 16 heavy (non-hydrogen) atoms. The van der Waals surface area contributed by atoms with Crippen molar-refractivity contribution in [1.82, 2.24) is 0 Å². The largest absolute Gasteiger partial charge is 0.497 e. The molecule has 0 aromatic heterocycles. The van der Waals surface area contributed by atoms with Gasteiger partial charge in [0.15, 0.2) is 0 Å². The van der Waals surface area contributed by atoms with E-state index in [2.05, 4.69) is 5.32 Å². The minimum absolute atomic E-state index is 0.252. The van der Waals surface area contributed by atoms with Crippen molar-refractivity contribution in [3.05, 3.63) is 24.3 Å². The van der Waals surface area contributed by atoms with E-state index in [9.17, 15) is 17.7 Å². The molecule has 0 spiro atoms. The zero-order valence-corrected chi connectivity index (χ0v) is 8.29. The van der Waals surface area contributed by atoms with Crippen LogP contribution in [0.2, 0.25) is 0 Å². The van der Waals surface area contributed by atoms with Crippen LogP contribution in [0.5, 0.6) is 0 Å². The third-order valence-corrected chi connectivity index (χ3v) is 2.28. The van der Waals surface area contributed by atoms with E-state index in [-0.39, 0.29) is 6.54 Å². The van der Waals surface area contributed by atoms with Crippen LogP contribution in [-0.4, -0.2) is 25.9 Å². The summed E-state index contributed by atoms with van der Waals surface area (Å²) in [6, 6.07) is 6.47. The molecule has 0 saturated carbocycles. The monoisotopic (exact) mass is 229 g/mol. The molecule has 7 heteroatoms. The van der Waals surface area contributed by atoms with Crippen molar-refractivity contribution in [2.75, 3.05) is 23.2 Å². The fourth-order valence-corrected chi connectivity index (χ4v) is 1.72. The van der Waals surface area contributed by atoms with Gasteiger partial charge in [0, 0.05) is 0 Å². The van der Waals surface area contributed by atoms with Crippen LogP contribution in [0.15, 0.2) is 24.3 Å². The van der Waals surface area contributed by atoms with E-state index in [0.717, 1.165) is 4.90 Å². The van der Waals surface area contributed by atoms with Crippen LogP contribution in [0.25, 0.3) is 0 Å². The second kappa shape index (κ2) is 3.73. The van der Waals surface area contributed by atoms with Crippen molar-refractivity contribution in [2.45, 2.75) is 0 Å². The molecular formula is C9H9BF3N2O-. The lowest BCUT2D eigenvalue weighted by molar-refractivity contribution is -0.115. The number of carbonyl (C=O) groups is 1. The average Bonchev–Trinajstić information content (AvgIpc) is 2.14. The molecular weight excluding hydrogens is 220 g/mol. The summed E-state index contributed by atoms with van der Waals surface area (Å²) in [5, 5.41) is 2.53. The average molecular weight is 229 g/mol. The molecule has 0 unspecified atom stereocenters. The lowest BCUT2D eigenvalue weighted by Gasteiger charge is -2.34. The van der Waals surface area contributed by atoms with Crippen LogP contribution >= 0.6 is 0 Å². The van der Waals surface area contributed by atoms with Crippen molar-refractivity contribution >= 4 is 24.3 Å². The van der Waals surface area contributed by atoms with E-state index in [0.29, 0.717) is 11.4 Å². The van der Waals surface area contributed by atoms with Gasteiger partial charge >= 0.3 is 6.98 Å². The Morgan fingerprint density at radius 3 is 2.69 bits per heavy atom. The Labute approximate surface area is 90.3 Å². The number of benzene rings is 1. The van der Waals surface area contributed by atoms with Crippen molar-refractivity contribution in [3.63, 3.8) is 0 Å². The molecule has 86 valence electrons. The standard InChI is InChI=1S/C9H9BF3N2O/c11-10(12,13)6-15-5-9(16)14-7-3-1-2-4-8(7)15/h1-4H,5-6H2,(H,14,16)/q-1. The maximum absolute atomic E-state index is 12.4. The molecule has 0 fully saturated rings. The lowest BCUT2D eigenvalue weighted by atomic mass is 9.90. The van der Waals surface area contributed by atoms with Crippen LogP contribution < -0.4 is 10.2 Å². The fourth-order valence-electron chi connectivity index (χ4n) is 1.72. The van der Waals surface area contributed by atoms with E-state index >= 15 is 0 Å². The Morgan fingerprint density at radius 2 is 2.00 bits per heavy atom. The van der Waals surface area contributed by atoms with Gasteiger partial charge in [-0.05, 0) is 18.6 Å². The molecule has 1 aliphatic rings. The van der Waals surface area contributed by atoms with Gasteiger partial charge in [0.1, 0.15) is 0 Å². The van der Waals surface area contributed by atoms with Crippen LogP contribution in [0.1, 0.15) is 0 Å². The summed E-state index contributed by atoms with van der Waals surface area (Å²) < 4.78 is 37.1. The molecule has 2 rings (SSSR count). The first-order chi connectivity index (χ1) is 7.46. The van der Waals surface area contributed by atoms with Gasteiger partial charge in [-0.25, -0.2) is 0 Å². The summed E-state index contributed by atoms with van der Waals surface area (Å²) in [7, 11) is 0. The highest BCUT2D eigenvalue weighted by Gasteiger charge is 2.30. The number of hydrogen-bond donors (Lipinski definition) is 1. The van der Waals surface area contributed by atoms with Gasteiger partial charge in [0.25, 0.3) is 0 Å². The number of fused-ring (bicyclic) bond motifs is 1. The molecule has 0 radical (unpaired) electrons. The third kappa shape index (κ3) is 2.29. The van der Waals surface area contributed by atoms with Gasteiger partial charge in [-0.3, -0.25) is 4.79 Å². The number of para-hydroxylation sites is 2. The van der Waals surface area contributed by atoms with Crippen molar-refractivity contribution in [3.8, 4) is 0 Å². The smallest absolute Gasteiger partial charge is 0.448 e. The number of nitrogens with zero attached hydrogens (tertiary/aromatic N) is 1. The molecule has 1 amide bonds. The number of hydrogen-bond acceptors (Lipinski definition) is 2. The van der Waals surface area contributed by atoms with Crippen molar-refractivity contribution in [1.29, 1.82) is 0 Å². The van der Waals surface area contributed by atoms with Crippen LogP contribution in [0.4, 0.5) is 24.3 Å². The Bertz CT molecular complexity index is 421. The first-order valence-electron chi connectivity index (χ1n) is 4.80. The van der Waals surface area contributed by atoms with Gasteiger partial charge in [-0.15, -0.1) is 0 Å². The summed E-state index contributed by atoms with van der Waals surface area (Å²) in [5.74, 6) is -0.418. The van der Waals surface area contributed by atoms with Crippen molar-refractivity contribution in [2.24, 2.45) is 0 Å². The second-order valence-corrected chi connectivity index (χ2v) is 3.66. The van der Waals surface area contributed by atoms with E-state index in [1.165, 1.54) is 0 Å². The molecule has 1 aromatic carbocycles. The highest BCUT2D eigenvalue weighted by atomic mass is 19.4. The Balaban J connectivity index is 2.30. The summed E-state index contributed by atoms with van der Waals surface area (Å²) in [6.45, 7) is -5.19. The highest BCUT2D eigenvalue weighted by Crippen LogP contribution is 2.30. The molecule has 3 nitrogen and oxygen atoms in total. The van der Waals surface area contributed by atoms with E-state index in [1.54, 1.807) is 24.3 Å². The number of amides is 1. The summed E-state index contributed by atoms with van der Waals surface area (Å²) >= 11 is 0. The number of halogens is 3. The Kier molecular flexibility index (Phi) is 2.53.